The van der Waals surface area contributed by atoms with E-state index in [1.165, 1.54) is 12.1 Å². The van der Waals surface area contributed by atoms with Gasteiger partial charge in [0.1, 0.15) is 5.82 Å². The Morgan fingerprint density at radius 1 is 1.11 bits per heavy atom. The fourth-order valence-electron chi connectivity index (χ4n) is 7.95. The van der Waals surface area contributed by atoms with Gasteiger partial charge >= 0.3 is 5.97 Å². The predicted molar refractivity (Wildman–Crippen MR) is 159 cm³/mol. The van der Waals surface area contributed by atoms with Crippen molar-refractivity contribution < 1.29 is 43.3 Å². The monoisotopic (exact) mass is 638 g/mol. The van der Waals surface area contributed by atoms with Crippen LogP contribution >= 0.6 is 11.6 Å². The number of carboxylic acids is 1. The van der Waals surface area contributed by atoms with Gasteiger partial charge in [-0.05, 0) is 63.3 Å². The average molecular weight is 639 g/mol. The second-order valence-corrected chi connectivity index (χ2v) is 12.6. The summed E-state index contributed by atoms with van der Waals surface area (Å²) in [6, 6.07) is 8.53. The number of hydrogen-bond donors (Lipinski definition) is 2. The number of likely N-dealkylation sites (tertiary alicyclic amines) is 1. The Bertz CT molecular complexity index is 1680. The number of aromatic hydroxyl groups is 1. The molecule has 2 aliphatic carbocycles. The Labute approximate surface area is 263 Å². The summed E-state index contributed by atoms with van der Waals surface area (Å²) in [5, 5.41) is 20.3. The number of hydrogen-bond acceptors (Lipinski definition) is 7. The molecular weight excluding hydrogens is 607 g/mol. The van der Waals surface area contributed by atoms with Gasteiger partial charge < -0.3 is 14.9 Å². The molecule has 2 aromatic rings. The van der Waals surface area contributed by atoms with Crippen molar-refractivity contribution in [1.82, 2.24) is 4.90 Å². The molecule has 236 valence electrons. The van der Waals surface area contributed by atoms with E-state index in [0.29, 0.717) is 11.1 Å². The molecule has 0 aromatic heterocycles. The zero-order valence-corrected chi connectivity index (χ0v) is 25.4. The Morgan fingerprint density at radius 2 is 1.87 bits per heavy atom. The maximum absolute atomic E-state index is 14.5. The van der Waals surface area contributed by atoms with Gasteiger partial charge in [0.15, 0.2) is 11.5 Å². The molecule has 2 N–H and O–H groups in total. The van der Waals surface area contributed by atoms with E-state index < -0.39 is 64.5 Å². The molecule has 1 saturated carbocycles. The van der Waals surface area contributed by atoms with Crippen LogP contribution in [0.15, 0.2) is 48.0 Å². The minimum atomic E-state index is -1.43. The molecule has 45 heavy (non-hydrogen) atoms. The maximum atomic E-state index is 14.5. The Kier molecular flexibility index (Phi) is 7.71. The summed E-state index contributed by atoms with van der Waals surface area (Å²) in [4.78, 5) is 69.2. The number of phenolic OH excluding ortho intramolecular Hbond substituents is 1. The fraction of sp³-hybridized carbons (Fsp3) is 0.424. The van der Waals surface area contributed by atoms with Crippen LogP contribution in [0.3, 0.4) is 0 Å². The van der Waals surface area contributed by atoms with Gasteiger partial charge in [-0.3, -0.25) is 28.9 Å². The largest absolute Gasteiger partial charge is 0.504 e. The zero-order valence-electron chi connectivity index (χ0n) is 24.7. The minimum absolute atomic E-state index is 0.0305. The Balaban J connectivity index is 1.48. The number of para-hydroxylation sites is 1. The van der Waals surface area contributed by atoms with E-state index in [-0.39, 0.29) is 67.0 Å². The van der Waals surface area contributed by atoms with E-state index in [9.17, 15) is 33.5 Å². The highest BCUT2D eigenvalue weighted by atomic mass is 35.5. The third kappa shape index (κ3) is 4.62. The van der Waals surface area contributed by atoms with Gasteiger partial charge in [-0.1, -0.05) is 35.4 Å². The number of amides is 4. The molecule has 10 nitrogen and oxygen atoms in total. The summed E-state index contributed by atoms with van der Waals surface area (Å²) in [7, 11) is 0. The van der Waals surface area contributed by atoms with Crippen molar-refractivity contribution in [2.24, 2.45) is 29.1 Å². The number of ether oxygens (including phenoxy) is 1. The molecule has 0 radical (unpaired) electrons. The molecule has 4 aliphatic rings. The van der Waals surface area contributed by atoms with E-state index in [1.807, 2.05) is 6.08 Å². The highest BCUT2D eigenvalue weighted by molar-refractivity contribution is 6.31. The normalized spacial score (nSPS) is 29.0. The van der Waals surface area contributed by atoms with E-state index >= 15 is 0 Å². The lowest BCUT2D eigenvalue weighted by Gasteiger charge is -2.49. The van der Waals surface area contributed by atoms with E-state index in [0.717, 1.165) is 15.9 Å². The van der Waals surface area contributed by atoms with Gasteiger partial charge in [0.2, 0.25) is 23.6 Å². The molecular formula is C33H32ClFN2O8. The zero-order chi connectivity index (χ0) is 32.4. The Hall–Kier alpha value is -4.25. The highest BCUT2D eigenvalue weighted by Crippen LogP contribution is 2.64. The second kappa shape index (κ2) is 11.3. The molecule has 0 bridgehead atoms. The lowest BCUT2D eigenvalue weighted by atomic mass is 9.51. The fourth-order valence-corrected chi connectivity index (χ4v) is 8.12. The van der Waals surface area contributed by atoms with Crippen LogP contribution < -0.4 is 9.64 Å². The van der Waals surface area contributed by atoms with Gasteiger partial charge in [0.05, 0.1) is 40.5 Å². The van der Waals surface area contributed by atoms with Crippen LogP contribution in [-0.2, 0) is 24.0 Å². The van der Waals surface area contributed by atoms with Gasteiger partial charge in [-0.25, -0.2) is 9.29 Å². The topological polar surface area (TPSA) is 142 Å². The van der Waals surface area contributed by atoms with Crippen molar-refractivity contribution in [3.05, 3.63) is 64.5 Å². The third-order valence-corrected chi connectivity index (χ3v) is 10.2. The molecule has 2 aromatic carbocycles. The molecule has 2 saturated heterocycles. The average Bonchev–Trinajstić information content (AvgIpc) is 3.35. The lowest BCUT2D eigenvalue weighted by molar-refractivity contribution is -0.142. The number of fused-ring (bicyclic) bond motifs is 4. The number of benzene rings is 2. The van der Waals surface area contributed by atoms with Crippen molar-refractivity contribution in [2.75, 3.05) is 18.1 Å². The maximum Gasteiger partial charge on any atom is 0.303 e. The number of carbonyl (C=O) groups is 5. The standard InChI is InChI=1S/C33H32ClFN2O8/c1-3-45-24-7-4-6-19(28(24)40)27-17-10-11-18-26(31(43)36(29(18)41)13-5-8-25(38)39)20(17)15-21-30(42)37(32(44)33(21,27)2)16-9-12-23(35)22(34)14-16/h4,6-7,9-10,12,14,18,20-21,26-27,40H,3,5,8,11,13,15H2,1-2H3,(H,38,39). The smallest absolute Gasteiger partial charge is 0.303 e. The first-order valence-corrected chi connectivity index (χ1v) is 15.3. The van der Waals surface area contributed by atoms with Crippen LogP contribution in [0, 0.1) is 34.9 Å². The second-order valence-electron chi connectivity index (χ2n) is 12.2. The first-order chi connectivity index (χ1) is 21.4. The number of rotatable bonds is 8. The predicted octanol–water partition coefficient (Wildman–Crippen LogP) is 4.68. The number of aliphatic carboxylic acids is 1. The van der Waals surface area contributed by atoms with E-state index in [4.69, 9.17) is 21.4 Å². The van der Waals surface area contributed by atoms with Crippen molar-refractivity contribution in [2.45, 2.75) is 45.4 Å². The van der Waals surface area contributed by atoms with Crippen LogP contribution in [0.5, 0.6) is 11.5 Å². The summed E-state index contributed by atoms with van der Waals surface area (Å²) in [5.41, 5.74) is -0.308. The first kappa shape index (κ1) is 30.8. The number of allylic oxidation sites excluding steroid dienone is 2. The van der Waals surface area contributed by atoms with E-state index in [2.05, 4.69) is 0 Å². The third-order valence-electron chi connectivity index (χ3n) is 9.94. The Morgan fingerprint density at radius 3 is 2.56 bits per heavy atom. The van der Waals surface area contributed by atoms with Gasteiger partial charge in [0.25, 0.3) is 0 Å². The molecule has 0 spiro atoms. The molecule has 6 atom stereocenters. The molecule has 4 amide bonds. The molecule has 6 unspecified atom stereocenters. The van der Waals surface area contributed by atoms with Crippen LogP contribution in [0.25, 0.3) is 0 Å². The number of halogens is 2. The van der Waals surface area contributed by atoms with Gasteiger partial charge in [0, 0.05) is 24.4 Å². The highest BCUT2D eigenvalue weighted by Gasteiger charge is 2.68. The first-order valence-electron chi connectivity index (χ1n) is 15.0. The summed E-state index contributed by atoms with van der Waals surface area (Å²) < 4.78 is 19.7. The van der Waals surface area contributed by atoms with Crippen LogP contribution in [0.4, 0.5) is 10.1 Å². The van der Waals surface area contributed by atoms with Crippen molar-refractivity contribution in [3.63, 3.8) is 0 Å². The molecule has 2 aliphatic heterocycles. The molecule has 3 fully saturated rings. The van der Waals surface area contributed by atoms with Gasteiger partial charge in [-0.15, -0.1) is 0 Å². The molecule has 6 rings (SSSR count). The number of phenols is 1. The molecule has 12 heteroatoms. The van der Waals surface area contributed by atoms with Gasteiger partial charge in [-0.2, -0.15) is 0 Å². The van der Waals surface area contributed by atoms with Crippen molar-refractivity contribution in [3.8, 4) is 11.5 Å². The summed E-state index contributed by atoms with van der Waals surface area (Å²) >= 11 is 6.04. The molecule has 2 heterocycles. The number of carbonyl (C=O) groups excluding carboxylic acids is 4. The van der Waals surface area contributed by atoms with Crippen molar-refractivity contribution >= 4 is 46.9 Å². The van der Waals surface area contributed by atoms with E-state index in [1.54, 1.807) is 32.0 Å². The number of nitrogens with zero attached hydrogens (tertiary/aromatic N) is 2. The number of carboxylic acid groups (broad SMARTS) is 1. The van der Waals surface area contributed by atoms with Crippen LogP contribution in [0.1, 0.15) is 51.0 Å². The quantitative estimate of drug-likeness (QED) is 0.314. The van der Waals surface area contributed by atoms with Crippen LogP contribution in [-0.4, -0.2) is 57.9 Å². The minimum Gasteiger partial charge on any atom is -0.504 e. The number of imide groups is 2. The SMILES string of the molecule is CCOc1cccc(C2C3=CCC4C(=O)N(CCCC(=O)O)C(=O)C4C3CC3C(=O)N(c4ccc(F)c(Cl)c4)C(=O)C32C)c1O. The lowest BCUT2D eigenvalue weighted by Crippen LogP contribution is -2.48. The summed E-state index contributed by atoms with van der Waals surface area (Å²) in [5.74, 6) is -7.61. The summed E-state index contributed by atoms with van der Waals surface area (Å²) in [6.07, 6.45) is 2.06. The summed E-state index contributed by atoms with van der Waals surface area (Å²) in [6.45, 7) is 3.67. The van der Waals surface area contributed by atoms with Crippen LogP contribution in [0.2, 0.25) is 5.02 Å². The van der Waals surface area contributed by atoms with Crippen molar-refractivity contribution in [1.29, 1.82) is 0 Å². The number of anilines is 1.